The van der Waals surface area contributed by atoms with E-state index in [9.17, 15) is 9.18 Å². The number of carbonyl (C=O) groups is 1. The van der Waals surface area contributed by atoms with Gasteiger partial charge in [-0.2, -0.15) is 0 Å². The molecule has 33 heavy (non-hydrogen) atoms. The van der Waals surface area contributed by atoms with E-state index in [1.54, 1.807) is 36.5 Å². The number of nitrogens with zero attached hydrogens (tertiary/aromatic N) is 3. The SMILES string of the molecule is COc1cc(C=C2O[C@@H](C)[C@H]3CC=C(c4ccc(F)cc4)N3C2=O)ccc1-n1cnc(C)c1. The Kier molecular flexibility index (Phi) is 5.24. The molecular weight excluding hydrogens is 421 g/mol. The fourth-order valence-electron chi connectivity index (χ4n) is 4.40. The number of methoxy groups -OCH3 is 1. The Morgan fingerprint density at radius 3 is 2.70 bits per heavy atom. The minimum Gasteiger partial charge on any atom is -0.495 e. The van der Waals surface area contributed by atoms with Gasteiger partial charge in [-0.15, -0.1) is 0 Å². The van der Waals surface area contributed by atoms with E-state index in [0.717, 1.165) is 28.2 Å². The molecule has 0 radical (unpaired) electrons. The van der Waals surface area contributed by atoms with Crippen LogP contribution in [-0.2, 0) is 9.53 Å². The maximum absolute atomic E-state index is 13.4. The van der Waals surface area contributed by atoms with Crippen LogP contribution in [0.5, 0.6) is 5.75 Å². The van der Waals surface area contributed by atoms with Gasteiger partial charge in [0.1, 0.15) is 17.7 Å². The molecule has 5 rings (SSSR count). The summed E-state index contributed by atoms with van der Waals surface area (Å²) in [6.45, 7) is 3.89. The van der Waals surface area contributed by atoms with E-state index in [0.29, 0.717) is 12.2 Å². The standard InChI is InChI=1S/C26H24FN3O3/c1-16-14-29(15-28-16)23-9-4-18(12-24(23)32-3)13-25-26(31)30-21(17(2)33-25)10-11-22(30)19-5-7-20(27)8-6-19/h4-9,11-15,17,21H,10H2,1-3H3/t17-,21+/m0/s1. The first-order valence-corrected chi connectivity index (χ1v) is 10.8. The van der Waals surface area contributed by atoms with Crippen molar-refractivity contribution in [2.75, 3.05) is 7.11 Å². The number of halogens is 1. The fourth-order valence-corrected chi connectivity index (χ4v) is 4.40. The number of hydrogen-bond donors (Lipinski definition) is 0. The van der Waals surface area contributed by atoms with Crippen molar-refractivity contribution in [3.05, 3.63) is 89.5 Å². The summed E-state index contributed by atoms with van der Waals surface area (Å²) in [6.07, 6.45) is 7.92. The average Bonchev–Trinajstić information content (AvgIpc) is 3.45. The van der Waals surface area contributed by atoms with E-state index >= 15 is 0 Å². The summed E-state index contributed by atoms with van der Waals surface area (Å²) in [4.78, 5) is 19.5. The molecule has 3 aromatic rings. The molecule has 168 valence electrons. The van der Waals surface area contributed by atoms with E-state index in [2.05, 4.69) is 4.98 Å². The maximum Gasteiger partial charge on any atom is 0.293 e. The van der Waals surface area contributed by atoms with Crippen molar-refractivity contribution in [3.63, 3.8) is 0 Å². The second kappa shape index (κ2) is 8.24. The van der Waals surface area contributed by atoms with Crippen LogP contribution in [0.2, 0.25) is 0 Å². The van der Waals surface area contributed by atoms with Crippen molar-refractivity contribution in [3.8, 4) is 11.4 Å². The summed E-state index contributed by atoms with van der Waals surface area (Å²) >= 11 is 0. The Hall–Kier alpha value is -3.87. The van der Waals surface area contributed by atoms with Crippen LogP contribution >= 0.6 is 0 Å². The number of amides is 1. The molecule has 2 aliphatic heterocycles. The zero-order valence-electron chi connectivity index (χ0n) is 18.7. The Bertz CT molecular complexity index is 1280. The number of morpholine rings is 1. The summed E-state index contributed by atoms with van der Waals surface area (Å²) < 4.78 is 26.9. The highest BCUT2D eigenvalue weighted by Gasteiger charge is 2.42. The van der Waals surface area contributed by atoms with Gasteiger partial charge in [-0.25, -0.2) is 9.37 Å². The third kappa shape index (κ3) is 3.80. The first kappa shape index (κ1) is 21.0. The number of fused-ring (bicyclic) bond motifs is 1. The van der Waals surface area contributed by atoms with Crippen LogP contribution in [0.1, 0.15) is 30.2 Å². The van der Waals surface area contributed by atoms with E-state index in [-0.39, 0.29) is 29.6 Å². The van der Waals surface area contributed by atoms with Gasteiger partial charge in [-0.3, -0.25) is 9.69 Å². The molecule has 0 aliphatic carbocycles. The van der Waals surface area contributed by atoms with Gasteiger partial charge in [0.2, 0.25) is 0 Å². The van der Waals surface area contributed by atoms with Gasteiger partial charge < -0.3 is 14.0 Å². The highest BCUT2D eigenvalue weighted by atomic mass is 19.1. The predicted octanol–water partition coefficient (Wildman–Crippen LogP) is 4.73. The molecule has 0 bridgehead atoms. The van der Waals surface area contributed by atoms with Crippen LogP contribution in [0.15, 0.2) is 66.8 Å². The molecule has 0 spiro atoms. The van der Waals surface area contributed by atoms with Crippen molar-refractivity contribution < 1.29 is 18.7 Å². The lowest BCUT2D eigenvalue weighted by molar-refractivity contribution is -0.138. The van der Waals surface area contributed by atoms with Gasteiger partial charge in [0.15, 0.2) is 5.76 Å². The molecule has 7 heteroatoms. The normalized spacial score (nSPS) is 21.1. The molecule has 0 saturated carbocycles. The predicted molar refractivity (Wildman–Crippen MR) is 123 cm³/mol. The molecule has 1 saturated heterocycles. The van der Waals surface area contributed by atoms with Crippen LogP contribution in [0.3, 0.4) is 0 Å². The smallest absolute Gasteiger partial charge is 0.293 e. The highest BCUT2D eigenvalue weighted by Crippen LogP contribution is 2.38. The number of hydrogen-bond acceptors (Lipinski definition) is 4. The Labute approximate surface area is 191 Å². The quantitative estimate of drug-likeness (QED) is 0.545. The Morgan fingerprint density at radius 2 is 2.00 bits per heavy atom. The van der Waals surface area contributed by atoms with Crippen LogP contribution < -0.4 is 4.74 Å². The number of carbonyl (C=O) groups excluding carboxylic acids is 1. The average molecular weight is 445 g/mol. The minimum atomic E-state index is -0.306. The van der Waals surface area contributed by atoms with Gasteiger partial charge in [-0.1, -0.05) is 12.1 Å². The first-order valence-electron chi connectivity index (χ1n) is 10.8. The third-order valence-corrected chi connectivity index (χ3v) is 6.06. The van der Waals surface area contributed by atoms with Gasteiger partial charge >= 0.3 is 0 Å². The molecule has 1 aromatic heterocycles. The Morgan fingerprint density at radius 1 is 1.21 bits per heavy atom. The molecule has 2 aliphatic rings. The van der Waals surface area contributed by atoms with Crippen LogP contribution in [0.4, 0.5) is 4.39 Å². The number of imidazole rings is 1. The van der Waals surface area contributed by atoms with Crippen LogP contribution in [0.25, 0.3) is 17.5 Å². The topological polar surface area (TPSA) is 56.6 Å². The minimum absolute atomic E-state index is 0.0869. The third-order valence-electron chi connectivity index (χ3n) is 6.06. The second-order valence-corrected chi connectivity index (χ2v) is 8.26. The number of ether oxygens (including phenoxy) is 2. The first-order chi connectivity index (χ1) is 15.9. The van der Waals surface area contributed by atoms with Gasteiger partial charge in [0, 0.05) is 11.9 Å². The Balaban J connectivity index is 1.47. The molecule has 1 fully saturated rings. The van der Waals surface area contributed by atoms with E-state index in [1.807, 2.05) is 48.9 Å². The molecule has 2 aromatic carbocycles. The lowest BCUT2D eigenvalue weighted by Gasteiger charge is -2.38. The summed E-state index contributed by atoms with van der Waals surface area (Å²) in [6, 6.07) is 11.8. The summed E-state index contributed by atoms with van der Waals surface area (Å²) in [5, 5.41) is 0. The van der Waals surface area contributed by atoms with Gasteiger partial charge in [0.05, 0.1) is 30.9 Å². The van der Waals surface area contributed by atoms with E-state index in [1.165, 1.54) is 12.1 Å². The summed E-state index contributed by atoms with van der Waals surface area (Å²) in [5.74, 6) is 0.407. The fraction of sp³-hybridized carbons (Fsp3) is 0.231. The van der Waals surface area contributed by atoms with Crippen molar-refractivity contribution in [1.29, 1.82) is 0 Å². The zero-order chi connectivity index (χ0) is 23.1. The lowest BCUT2D eigenvalue weighted by Crippen LogP contribution is -2.48. The lowest BCUT2D eigenvalue weighted by atomic mass is 10.1. The van der Waals surface area contributed by atoms with Gasteiger partial charge in [-0.05, 0) is 73.9 Å². The molecule has 0 N–H and O–H groups in total. The van der Waals surface area contributed by atoms with Gasteiger partial charge in [0.25, 0.3) is 5.91 Å². The summed E-state index contributed by atoms with van der Waals surface area (Å²) in [5.41, 5.74) is 4.14. The molecule has 3 heterocycles. The van der Waals surface area contributed by atoms with Crippen molar-refractivity contribution in [2.45, 2.75) is 32.4 Å². The van der Waals surface area contributed by atoms with E-state index < -0.39 is 0 Å². The van der Waals surface area contributed by atoms with Crippen molar-refractivity contribution >= 4 is 17.7 Å². The molecule has 0 unspecified atom stereocenters. The van der Waals surface area contributed by atoms with Crippen molar-refractivity contribution in [2.24, 2.45) is 0 Å². The van der Waals surface area contributed by atoms with E-state index in [4.69, 9.17) is 9.47 Å². The summed E-state index contributed by atoms with van der Waals surface area (Å²) in [7, 11) is 1.61. The number of aromatic nitrogens is 2. The molecule has 2 atom stereocenters. The maximum atomic E-state index is 13.4. The zero-order valence-corrected chi connectivity index (χ0v) is 18.7. The van der Waals surface area contributed by atoms with Crippen molar-refractivity contribution in [1.82, 2.24) is 14.5 Å². The number of rotatable bonds is 4. The molecule has 6 nitrogen and oxygen atoms in total. The largest absolute Gasteiger partial charge is 0.495 e. The van der Waals surface area contributed by atoms with Crippen LogP contribution in [0, 0.1) is 12.7 Å². The number of aryl methyl sites for hydroxylation is 1. The highest BCUT2D eigenvalue weighted by molar-refractivity contribution is 6.02. The number of benzene rings is 2. The monoisotopic (exact) mass is 445 g/mol. The molecule has 1 amide bonds. The molecular formula is C26H24FN3O3. The van der Waals surface area contributed by atoms with Crippen LogP contribution in [-0.4, -0.2) is 39.6 Å². The second-order valence-electron chi connectivity index (χ2n) is 8.26.